The number of amides is 4. The molecule has 0 unspecified atom stereocenters. The fourth-order valence-electron chi connectivity index (χ4n) is 3.12. The first kappa shape index (κ1) is 20.0. The Morgan fingerprint density at radius 2 is 1.68 bits per heavy atom. The maximum atomic E-state index is 13.3. The number of nitrogens with one attached hydrogen (secondary N) is 1. The number of halogens is 1. The number of anilines is 1. The van der Waals surface area contributed by atoms with Crippen molar-refractivity contribution in [3.8, 4) is 5.75 Å². The van der Waals surface area contributed by atoms with Crippen molar-refractivity contribution in [2.45, 2.75) is 6.61 Å². The molecule has 0 spiro atoms. The predicted molar refractivity (Wildman–Crippen MR) is 113 cm³/mol. The summed E-state index contributed by atoms with van der Waals surface area (Å²) in [6.45, 7) is 0.160. The number of barbiturate groups is 1. The smallest absolute Gasteiger partial charge is 0.335 e. The Labute approximate surface area is 177 Å². The highest BCUT2D eigenvalue weighted by atomic mass is 19.1. The largest absolute Gasteiger partial charge is 0.489 e. The summed E-state index contributed by atoms with van der Waals surface area (Å²) < 4.78 is 19.0. The van der Waals surface area contributed by atoms with Crippen molar-refractivity contribution < 1.29 is 23.5 Å². The van der Waals surface area contributed by atoms with Gasteiger partial charge in [0.05, 0.1) is 5.69 Å². The summed E-state index contributed by atoms with van der Waals surface area (Å²) in [6, 6.07) is 20.4. The molecule has 7 heteroatoms. The summed E-state index contributed by atoms with van der Waals surface area (Å²) in [6.07, 6.45) is 1.40. The highest BCUT2D eigenvalue weighted by molar-refractivity contribution is 6.39. The normalized spacial score (nSPS) is 15.2. The lowest BCUT2D eigenvalue weighted by molar-refractivity contribution is -0.122. The Kier molecular flexibility index (Phi) is 5.57. The van der Waals surface area contributed by atoms with Gasteiger partial charge >= 0.3 is 6.03 Å². The van der Waals surface area contributed by atoms with Crippen molar-refractivity contribution in [1.82, 2.24) is 5.32 Å². The number of hydrogen-bond donors (Lipinski definition) is 1. The van der Waals surface area contributed by atoms with E-state index in [1.54, 1.807) is 66.7 Å². The van der Waals surface area contributed by atoms with Gasteiger partial charge in [0.2, 0.25) is 0 Å². The molecule has 1 aliphatic heterocycles. The zero-order valence-corrected chi connectivity index (χ0v) is 16.2. The molecule has 1 N–H and O–H groups in total. The molecule has 4 rings (SSSR count). The number of para-hydroxylation sites is 1. The molecule has 0 atom stereocenters. The average Bonchev–Trinajstić information content (AvgIpc) is 2.76. The summed E-state index contributed by atoms with van der Waals surface area (Å²) in [5.41, 5.74) is 1.39. The molecule has 4 amide bonds. The van der Waals surface area contributed by atoms with Crippen LogP contribution in [0.25, 0.3) is 6.08 Å². The number of urea groups is 1. The lowest BCUT2D eigenvalue weighted by atomic mass is 10.1. The van der Waals surface area contributed by atoms with Crippen LogP contribution >= 0.6 is 0 Å². The van der Waals surface area contributed by atoms with E-state index in [9.17, 15) is 18.8 Å². The van der Waals surface area contributed by atoms with E-state index in [0.717, 1.165) is 4.90 Å². The van der Waals surface area contributed by atoms with Gasteiger partial charge < -0.3 is 4.74 Å². The minimum absolute atomic E-state index is 0.160. The Balaban J connectivity index is 1.57. The van der Waals surface area contributed by atoms with Gasteiger partial charge in [-0.05, 0) is 53.6 Å². The van der Waals surface area contributed by atoms with Crippen LogP contribution in [-0.4, -0.2) is 17.8 Å². The maximum absolute atomic E-state index is 13.3. The van der Waals surface area contributed by atoms with Crippen molar-refractivity contribution in [2.75, 3.05) is 4.90 Å². The van der Waals surface area contributed by atoms with Crippen LogP contribution in [0.1, 0.15) is 11.1 Å². The van der Waals surface area contributed by atoms with Gasteiger partial charge in [0, 0.05) is 0 Å². The first-order valence-electron chi connectivity index (χ1n) is 9.45. The fourth-order valence-corrected chi connectivity index (χ4v) is 3.12. The van der Waals surface area contributed by atoms with Gasteiger partial charge in [-0.2, -0.15) is 0 Å². The second-order valence-electron chi connectivity index (χ2n) is 6.78. The molecule has 1 aliphatic rings. The Hall–Kier alpha value is -4.26. The van der Waals surface area contributed by atoms with E-state index < -0.39 is 17.8 Å². The quantitative estimate of drug-likeness (QED) is 0.503. The van der Waals surface area contributed by atoms with Crippen molar-refractivity contribution >= 4 is 29.6 Å². The Morgan fingerprint density at radius 3 is 2.45 bits per heavy atom. The lowest BCUT2D eigenvalue weighted by Gasteiger charge is -2.26. The van der Waals surface area contributed by atoms with Crippen LogP contribution < -0.4 is 15.0 Å². The number of rotatable bonds is 5. The predicted octanol–water partition coefficient (Wildman–Crippen LogP) is 4.07. The number of nitrogens with zero attached hydrogens (tertiary/aromatic N) is 1. The summed E-state index contributed by atoms with van der Waals surface area (Å²) in [5.74, 6) is -1.35. The fraction of sp³-hybridized carbons (Fsp3) is 0.0417. The summed E-state index contributed by atoms with van der Waals surface area (Å²) in [5, 5.41) is 2.19. The standard InChI is InChI=1S/C24H17FN2O4/c25-18-8-4-7-17(12-18)15-31-20-11-5-6-16(13-20)14-21-22(28)26-24(30)27(23(21)29)19-9-2-1-3-10-19/h1-14H,15H2,(H,26,28,30)/b21-14-. The molecule has 0 aliphatic carbocycles. The van der Waals surface area contributed by atoms with Crippen LogP contribution in [0.5, 0.6) is 5.75 Å². The molecule has 31 heavy (non-hydrogen) atoms. The zero-order valence-electron chi connectivity index (χ0n) is 16.2. The molecule has 1 saturated heterocycles. The monoisotopic (exact) mass is 416 g/mol. The highest BCUT2D eigenvalue weighted by Crippen LogP contribution is 2.23. The van der Waals surface area contributed by atoms with E-state index in [-0.39, 0.29) is 18.0 Å². The van der Waals surface area contributed by atoms with Crippen LogP contribution in [-0.2, 0) is 16.2 Å². The third-order valence-electron chi connectivity index (χ3n) is 4.58. The number of imide groups is 2. The van der Waals surface area contributed by atoms with Gasteiger partial charge in [-0.3, -0.25) is 14.9 Å². The zero-order chi connectivity index (χ0) is 21.8. The van der Waals surface area contributed by atoms with E-state index in [1.807, 2.05) is 0 Å². The third kappa shape index (κ3) is 4.51. The van der Waals surface area contributed by atoms with Crippen molar-refractivity contribution in [1.29, 1.82) is 0 Å². The number of hydrogen-bond acceptors (Lipinski definition) is 4. The van der Waals surface area contributed by atoms with E-state index >= 15 is 0 Å². The summed E-state index contributed by atoms with van der Waals surface area (Å²) >= 11 is 0. The molecular weight excluding hydrogens is 399 g/mol. The third-order valence-corrected chi connectivity index (χ3v) is 4.58. The molecule has 3 aromatic rings. The molecule has 0 radical (unpaired) electrons. The highest BCUT2D eigenvalue weighted by Gasteiger charge is 2.36. The molecule has 0 aromatic heterocycles. The first-order chi connectivity index (χ1) is 15.0. The molecule has 3 aromatic carbocycles. The van der Waals surface area contributed by atoms with Crippen LogP contribution in [0.2, 0.25) is 0 Å². The molecule has 154 valence electrons. The van der Waals surface area contributed by atoms with Crippen LogP contribution in [0.4, 0.5) is 14.9 Å². The van der Waals surface area contributed by atoms with E-state index in [2.05, 4.69) is 5.32 Å². The molecule has 6 nitrogen and oxygen atoms in total. The van der Waals surface area contributed by atoms with E-state index in [1.165, 1.54) is 18.2 Å². The number of carbonyl (C=O) groups excluding carboxylic acids is 3. The van der Waals surface area contributed by atoms with Gasteiger partial charge in [0.25, 0.3) is 11.8 Å². The average molecular weight is 416 g/mol. The van der Waals surface area contributed by atoms with Crippen LogP contribution in [0, 0.1) is 5.82 Å². The number of ether oxygens (including phenoxy) is 1. The van der Waals surface area contributed by atoms with Crippen molar-refractivity contribution in [3.63, 3.8) is 0 Å². The van der Waals surface area contributed by atoms with Gasteiger partial charge in [-0.1, -0.05) is 42.5 Å². The van der Waals surface area contributed by atoms with Crippen molar-refractivity contribution in [3.05, 3.63) is 101 Å². The van der Waals surface area contributed by atoms with Crippen LogP contribution in [0.3, 0.4) is 0 Å². The molecule has 0 saturated carbocycles. The second-order valence-corrected chi connectivity index (χ2v) is 6.78. The number of carbonyl (C=O) groups is 3. The molecular formula is C24H17FN2O4. The van der Waals surface area contributed by atoms with Crippen molar-refractivity contribution in [2.24, 2.45) is 0 Å². The van der Waals surface area contributed by atoms with Crippen LogP contribution in [0.15, 0.2) is 84.4 Å². The molecule has 1 heterocycles. The van der Waals surface area contributed by atoms with E-state index in [0.29, 0.717) is 22.6 Å². The maximum Gasteiger partial charge on any atom is 0.335 e. The number of benzene rings is 3. The summed E-state index contributed by atoms with van der Waals surface area (Å²) in [7, 11) is 0. The topological polar surface area (TPSA) is 75.7 Å². The lowest BCUT2D eigenvalue weighted by Crippen LogP contribution is -2.54. The molecule has 1 fully saturated rings. The van der Waals surface area contributed by atoms with Gasteiger partial charge in [0.15, 0.2) is 0 Å². The van der Waals surface area contributed by atoms with E-state index in [4.69, 9.17) is 4.74 Å². The minimum Gasteiger partial charge on any atom is -0.489 e. The Bertz CT molecular complexity index is 1190. The Morgan fingerprint density at radius 1 is 0.903 bits per heavy atom. The summed E-state index contributed by atoms with van der Waals surface area (Å²) in [4.78, 5) is 38.3. The van der Waals surface area contributed by atoms with Gasteiger partial charge in [0.1, 0.15) is 23.7 Å². The van der Waals surface area contributed by atoms with Gasteiger partial charge in [-0.15, -0.1) is 0 Å². The first-order valence-corrected chi connectivity index (χ1v) is 9.45. The minimum atomic E-state index is -0.800. The molecule has 0 bridgehead atoms. The SMILES string of the molecule is O=C1NC(=O)N(c2ccccc2)C(=O)/C1=C\c1cccc(OCc2cccc(F)c2)c1. The second kappa shape index (κ2) is 8.62. The van der Waals surface area contributed by atoms with Gasteiger partial charge in [-0.25, -0.2) is 14.1 Å².